The standard InChI is InChI=1S/C13H13F4NO/c1-3-12(18-19)8(2)6-9-4-5-11(14)10(7-9)13(15,16)17/h4-7,19H,3H2,1-2H3/b8-6+,18-12?. The molecular formula is C13H13F4NO. The molecule has 6 heteroatoms. The highest BCUT2D eigenvalue weighted by atomic mass is 19.4. The minimum atomic E-state index is -4.74. The van der Waals surface area contributed by atoms with E-state index < -0.39 is 17.6 Å². The molecule has 1 aromatic rings. The summed E-state index contributed by atoms with van der Waals surface area (Å²) in [6.07, 6.45) is -2.89. The van der Waals surface area contributed by atoms with Crippen LogP contribution in [-0.2, 0) is 6.18 Å². The molecule has 0 aliphatic heterocycles. The maximum Gasteiger partial charge on any atom is 0.419 e. The molecule has 0 fully saturated rings. The van der Waals surface area contributed by atoms with Crippen LogP contribution in [0.3, 0.4) is 0 Å². The third kappa shape index (κ3) is 3.81. The van der Waals surface area contributed by atoms with Crippen molar-refractivity contribution in [3.63, 3.8) is 0 Å². The van der Waals surface area contributed by atoms with Crippen molar-refractivity contribution in [2.45, 2.75) is 26.4 Å². The zero-order chi connectivity index (χ0) is 14.6. The molecule has 0 amide bonds. The van der Waals surface area contributed by atoms with Crippen LogP contribution >= 0.6 is 0 Å². The summed E-state index contributed by atoms with van der Waals surface area (Å²) in [5.41, 5.74) is -0.239. The van der Waals surface area contributed by atoms with Crippen LogP contribution in [0, 0.1) is 5.82 Å². The van der Waals surface area contributed by atoms with Crippen molar-refractivity contribution in [2.24, 2.45) is 5.16 Å². The van der Waals surface area contributed by atoms with E-state index in [0.717, 1.165) is 12.1 Å². The monoisotopic (exact) mass is 275 g/mol. The molecule has 0 aromatic heterocycles. The van der Waals surface area contributed by atoms with Crippen molar-refractivity contribution in [2.75, 3.05) is 0 Å². The van der Waals surface area contributed by atoms with Crippen LogP contribution in [0.2, 0.25) is 0 Å². The number of rotatable bonds is 3. The largest absolute Gasteiger partial charge is 0.419 e. The lowest BCUT2D eigenvalue weighted by molar-refractivity contribution is -0.140. The van der Waals surface area contributed by atoms with E-state index in [0.29, 0.717) is 17.7 Å². The Kier molecular flexibility index (Phi) is 4.69. The van der Waals surface area contributed by atoms with Crippen LogP contribution < -0.4 is 0 Å². The quantitative estimate of drug-likeness (QED) is 0.375. The first-order valence-corrected chi connectivity index (χ1v) is 5.56. The molecule has 1 N–H and O–H groups in total. The summed E-state index contributed by atoms with van der Waals surface area (Å²) in [6, 6.07) is 2.73. The van der Waals surface area contributed by atoms with Crippen LogP contribution in [0.4, 0.5) is 17.6 Å². The van der Waals surface area contributed by atoms with Crippen LogP contribution in [0.5, 0.6) is 0 Å². The van der Waals surface area contributed by atoms with E-state index in [4.69, 9.17) is 5.21 Å². The van der Waals surface area contributed by atoms with Crippen molar-refractivity contribution in [3.05, 3.63) is 40.7 Å². The summed E-state index contributed by atoms with van der Waals surface area (Å²) < 4.78 is 50.7. The molecule has 0 atom stereocenters. The predicted octanol–water partition coefficient (Wildman–Crippen LogP) is 4.49. The molecule has 2 nitrogen and oxygen atoms in total. The second-order valence-corrected chi connectivity index (χ2v) is 3.96. The summed E-state index contributed by atoms with van der Waals surface area (Å²) >= 11 is 0. The van der Waals surface area contributed by atoms with Gasteiger partial charge in [0.1, 0.15) is 5.82 Å². The van der Waals surface area contributed by atoms with E-state index in [1.54, 1.807) is 13.8 Å². The topological polar surface area (TPSA) is 32.6 Å². The first-order chi connectivity index (χ1) is 8.79. The first-order valence-electron chi connectivity index (χ1n) is 5.56. The van der Waals surface area contributed by atoms with Crippen LogP contribution in [-0.4, -0.2) is 10.9 Å². The molecule has 0 aliphatic rings. The van der Waals surface area contributed by atoms with E-state index in [1.165, 1.54) is 12.1 Å². The fourth-order valence-electron chi connectivity index (χ4n) is 1.61. The molecule has 0 saturated carbocycles. The minimum absolute atomic E-state index is 0.195. The maximum absolute atomic E-state index is 13.1. The molecule has 0 unspecified atom stereocenters. The second-order valence-electron chi connectivity index (χ2n) is 3.96. The van der Waals surface area contributed by atoms with Gasteiger partial charge >= 0.3 is 6.18 Å². The number of hydrogen-bond donors (Lipinski definition) is 1. The number of hydrogen-bond acceptors (Lipinski definition) is 2. The van der Waals surface area contributed by atoms with Gasteiger partial charge in [0.2, 0.25) is 0 Å². The van der Waals surface area contributed by atoms with E-state index in [2.05, 4.69) is 5.16 Å². The molecule has 0 radical (unpaired) electrons. The van der Waals surface area contributed by atoms with Gasteiger partial charge in [-0.2, -0.15) is 13.2 Å². The van der Waals surface area contributed by atoms with Gasteiger partial charge in [-0.05, 0) is 36.6 Å². The van der Waals surface area contributed by atoms with Gasteiger partial charge in [-0.15, -0.1) is 0 Å². The Labute approximate surface area is 108 Å². The average molecular weight is 275 g/mol. The average Bonchev–Trinajstić information content (AvgIpc) is 2.31. The summed E-state index contributed by atoms with van der Waals surface area (Å²) in [5.74, 6) is -1.31. The van der Waals surface area contributed by atoms with E-state index in [9.17, 15) is 17.6 Å². The second kappa shape index (κ2) is 5.86. The van der Waals surface area contributed by atoms with Crippen LogP contribution in [0.25, 0.3) is 6.08 Å². The lowest BCUT2D eigenvalue weighted by atomic mass is 10.0. The SMILES string of the molecule is CCC(=NO)/C(C)=C/c1ccc(F)c(C(F)(F)F)c1. The summed E-state index contributed by atoms with van der Waals surface area (Å²) in [6.45, 7) is 3.35. The minimum Gasteiger partial charge on any atom is -0.411 e. The number of benzene rings is 1. The zero-order valence-corrected chi connectivity index (χ0v) is 10.4. The Balaban J connectivity index is 3.21. The molecule has 0 spiro atoms. The predicted molar refractivity (Wildman–Crippen MR) is 64.6 cm³/mol. The zero-order valence-electron chi connectivity index (χ0n) is 10.4. The molecule has 104 valence electrons. The lowest BCUT2D eigenvalue weighted by Gasteiger charge is -2.09. The molecule has 0 saturated heterocycles. The van der Waals surface area contributed by atoms with Gasteiger partial charge in [-0.3, -0.25) is 0 Å². The highest BCUT2D eigenvalue weighted by molar-refractivity contribution is 6.02. The number of oxime groups is 1. The molecule has 1 rings (SSSR count). The lowest BCUT2D eigenvalue weighted by Crippen LogP contribution is -2.08. The molecule has 0 heterocycles. The summed E-state index contributed by atoms with van der Waals surface area (Å²) in [5, 5.41) is 11.8. The van der Waals surface area contributed by atoms with Gasteiger partial charge in [0.05, 0.1) is 11.3 Å². The third-order valence-corrected chi connectivity index (χ3v) is 2.59. The van der Waals surface area contributed by atoms with E-state index in [1.807, 2.05) is 0 Å². The highest BCUT2D eigenvalue weighted by Gasteiger charge is 2.34. The smallest absolute Gasteiger partial charge is 0.411 e. The Morgan fingerprint density at radius 3 is 2.47 bits per heavy atom. The number of allylic oxidation sites excluding steroid dienone is 1. The number of halogens is 4. The van der Waals surface area contributed by atoms with E-state index in [-0.39, 0.29) is 5.56 Å². The van der Waals surface area contributed by atoms with Crippen molar-refractivity contribution in [1.29, 1.82) is 0 Å². The first kappa shape index (κ1) is 15.2. The van der Waals surface area contributed by atoms with Gasteiger partial charge in [0.15, 0.2) is 0 Å². The summed E-state index contributed by atoms with van der Waals surface area (Å²) in [7, 11) is 0. The maximum atomic E-state index is 13.1. The Morgan fingerprint density at radius 2 is 2.00 bits per heavy atom. The van der Waals surface area contributed by atoms with Crippen LogP contribution in [0.1, 0.15) is 31.4 Å². The Hall–Kier alpha value is -1.85. The van der Waals surface area contributed by atoms with Gasteiger partial charge in [0.25, 0.3) is 0 Å². The fourth-order valence-corrected chi connectivity index (χ4v) is 1.61. The highest BCUT2D eigenvalue weighted by Crippen LogP contribution is 2.32. The molecule has 1 aromatic carbocycles. The van der Waals surface area contributed by atoms with Gasteiger partial charge in [0, 0.05) is 0 Å². The van der Waals surface area contributed by atoms with Crippen molar-refractivity contribution < 1.29 is 22.8 Å². The molecule has 19 heavy (non-hydrogen) atoms. The summed E-state index contributed by atoms with van der Waals surface area (Å²) in [4.78, 5) is 0. The molecule has 0 bridgehead atoms. The van der Waals surface area contributed by atoms with E-state index >= 15 is 0 Å². The molecular weight excluding hydrogens is 262 g/mol. The van der Waals surface area contributed by atoms with Crippen molar-refractivity contribution >= 4 is 11.8 Å². The van der Waals surface area contributed by atoms with Crippen molar-refractivity contribution in [1.82, 2.24) is 0 Å². The number of nitrogens with zero attached hydrogens (tertiary/aromatic N) is 1. The van der Waals surface area contributed by atoms with Gasteiger partial charge < -0.3 is 5.21 Å². The molecule has 0 aliphatic carbocycles. The Bertz CT molecular complexity index is 518. The van der Waals surface area contributed by atoms with Gasteiger partial charge in [-0.1, -0.05) is 24.2 Å². The van der Waals surface area contributed by atoms with Crippen LogP contribution in [0.15, 0.2) is 28.9 Å². The number of alkyl halides is 3. The third-order valence-electron chi connectivity index (χ3n) is 2.59. The fraction of sp³-hybridized carbons (Fsp3) is 0.308. The normalized spacial score (nSPS) is 13.8. The van der Waals surface area contributed by atoms with Gasteiger partial charge in [-0.25, -0.2) is 4.39 Å². The van der Waals surface area contributed by atoms with Crippen molar-refractivity contribution in [3.8, 4) is 0 Å². The Morgan fingerprint density at radius 1 is 1.37 bits per heavy atom.